The molecule has 1 aromatic rings. The van der Waals surface area contributed by atoms with Crippen LogP contribution in [0.1, 0.15) is 0 Å². The summed E-state index contributed by atoms with van der Waals surface area (Å²) in [5.41, 5.74) is 0.730. The average Bonchev–Trinajstić information content (AvgIpc) is 2.38. The van der Waals surface area contributed by atoms with Crippen molar-refractivity contribution in [2.45, 2.75) is 6.29 Å². The summed E-state index contributed by atoms with van der Waals surface area (Å²) in [6, 6.07) is 5.53. The summed E-state index contributed by atoms with van der Waals surface area (Å²) < 4.78 is 16.5. The van der Waals surface area contributed by atoms with Gasteiger partial charge in [0, 0.05) is 18.7 Å². The highest BCUT2D eigenvalue weighted by Crippen LogP contribution is 2.34. The van der Waals surface area contributed by atoms with Gasteiger partial charge in [-0.15, -0.1) is 0 Å². The summed E-state index contributed by atoms with van der Waals surface area (Å²) in [5.74, 6) is 0.568. The Bertz CT molecular complexity index is 448. The summed E-state index contributed by atoms with van der Waals surface area (Å²) in [4.78, 5) is 13.5. The number of hydrogen-bond donors (Lipinski definition) is 0. The number of halogens is 1. The number of rotatable bonds is 4. The van der Waals surface area contributed by atoms with Crippen molar-refractivity contribution in [3.05, 3.63) is 22.7 Å². The standard InChI is InChI=1S/C12H14BrNO4/c1-16-12(17-2)6-14-9-4-3-8(13)5-10(9)18-7-11(14)15/h3-5,12H,6-7H2,1-2H3. The van der Waals surface area contributed by atoms with E-state index in [4.69, 9.17) is 14.2 Å². The van der Waals surface area contributed by atoms with E-state index < -0.39 is 6.29 Å². The second-order valence-electron chi connectivity index (χ2n) is 3.81. The first-order valence-electron chi connectivity index (χ1n) is 5.44. The molecule has 0 saturated carbocycles. The van der Waals surface area contributed by atoms with Crippen molar-refractivity contribution in [1.29, 1.82) is 0 Å². The van der Waals surface area contributed by atoms with E-state index in [1.165, 1.54) is 0 Å². The van der Waals surface area contributed by atoms with Crippen LogP contribution in [0.25, 0.3) is 0 Å². The Balaban J connectivity index is 2.27. The minimum absolute atomic E-state index is 0.0314. The van der Waals surface area contributed by atoms with Crippen molar-refractivity contribution in [1.82, 2.24) is 0 Å². The fourth-order valence-electron chi connectivity index (χ4n) is 1.77. The highest BCUT2D eigenvalue weighted by Gasteiger charge is 2.27. The number of anilines is 1. The van der Waals surface area contributed by atoms with Crippen LogP contribution in [0.2, 0.25) is 0 Å². The smallest absolute Gasteiger partial charge is 0.265 e. The van der Waals surface area contributed by atoms with Gasteiger partial charge in [-0.3, -0.25) is 4.79 Å². The van der Waals surface area contributed by atoms with Crippen molar-refractivity contribution in [3.63, 3.8) is 0 Å². The summed E-state index contributed by atoms with van der Waals surface area (Å²) in [5, 5.41) is 0. The Morgan fingerprint density at radius 2 is 2.17 bits per heavy atom. The number of nitrogens with zero attached hydrogens (tertiary/aromatic N) is 1. The van der Waals surface area contributed by atoms with E-state index in [2.05, 4.69) is 15.9 Å². The molecule has 5 nitrogen and oxygen atoms in total. The molecule has 0 atom stereocenters. The van der Waals surface area contributed by atoms with Crippen molar-refractivity contribution in [3.8, 4) is 5.75 Å². The van der Waals surface area contributed by atoms with Crippen LogP contribution in [0, 0.1) is 0 Å². The molecule has 0 unspecified atom stereocenters. The number of ether oxygens (including phenoxy) is 3. The van der Waals surface area contributed by atoms with Crippen molar-refractivity contribution >= 4 is 27.5 Å². The summed E-state index contributed by atoms with van der Waals surface area (Å²) in [6.07, 6.45) is -0.455. The molecule has 1 aromatic carbocycles. The first-order valence-corrected chi connectivity index (χ1v) is 6.23. The van der Waals surface area contributed by atoms with Gasteiger partial charge in [-0.1, -0.05) is 15.9 Å². The van der Waals surface area contributed by atoms with E-state index in [1.807, 2.05) is 18.2 Å². The maximum atomic E-state index is 11.9. The molecule has 0 bridgehead atoms. The molecule has 0 aromatic heterocycles. The molecule has 0 spiro atoms. The third-order valence-electron chi connectivity index (χ3n) is 2.72. The van der Waals surface area contributed by atoms with Gasteiger partial charge >= 0.3 is 0 Å². The largest absolute Gasteiger partial charge is 0.482 e. The first-order chi connectivity index (χ1) is 8.65. The molecular formula is C12H14BrNO4. The molecular weight excluding hydrogens is 302 g/mol. The van der Waals surface area contributed by atoms with Crippen LogP contribution in [-0.4, -0.2) is 39.6 Å². The lowest BCUT2D eigenvalue weighted by Gasteiger charge is -2.31. The van der Waals surface area contributed by atoms with Crippen LogP contribution in [0.3, 0.4) is 0 Å². The summed E-state index contributed by atoms with van der Waals surface area (Å²) >= 11 is 3.37. The molecule has 1 aliphatic heterocycles. The lowest BCUT2D eigenvalue weighted by molar-refractivity contribution is -0.125. The van der Waals surface area contributed by atoms with Crippen LogP contribution >= 0.6 is 15.9 Å². The Hall–Kier alpha value is -1.11. The summed E-state index contributed by atoms with van der Waals surface area (Å²) in [6.45, 7) is 0.368. The molecule has 18 heavy (non-hydrogen) atoms. The van der Waals surface area contributed by atoms with Gasteiger partial charge < -0.3 is 19.1 Å². The lowest BCUT2D eigenvalue weighted by Crippen LogP contribution is -2.44. The molecule has 0 saturated heterocycles. The molecule has 1 heterocycles. The predicted octanol–water partition coefficient (Wildman–Crippen LogP) is 1.79. The zero-order chi connectivity index (χ0) is 13.1. The topological polar surface area (TPSA) is 48.0 Å². The fraction of sp³-hybridized carbons (Fsp3) is 0.417. The van der Waals surface area contributed by atoms with Crippen LogP contribution in [-0.2, 0) is 14.3 Å². The minimum atomic E-state index is -0.455. The molecule has 1 aliphatic rings. The number of methoxy groups -OCH3 is 2. The number of fused-ring (bicyclic) bond motifs is 1. The third-order valence-corrected chi connectivity index (χ3v) is 3.22. The molecule has 0 aliphatic carbocycles. The normalized spacial score (nSPS) is 14.7. The maximum absolute atomic E-state index is 11.9. The van der Waals surface area contributed by atoms with Gasteiger partial charge in [0.05, 0.1) is 12.2 Å². The molecule has 6 heteroatoms. The minimum Gasteiger partial charge on any atom is -0.482 e. The Labute approximate surface area is 114 Å². The zero-order valence-corrected chi connectivity index (χ0v) is 11.8. The van der Waals surface area contributed by atoms with Crippen molar-refractivity contribution in [2.24, 2.45) is 0 Å². The van der Waals surface area contributed by atoms with Gasteiger partial charge in [0.2, 0.25) is 0 Å². The van der Waals surface area contributed by atoms with E-state index in [-0.39, 0.29) is 12.5 Å². The Morgan fingerprint density at radius 3 is 2.83 bits per heavy atom. The SMILES string of the molecule is COC(CN1C(=O)COc2cc(Br)ccc21)OC. The Kier molecular flexibility index (Phi) is 4.21. The third kappa shape index (κ3) is 2.66. The number of carbonyl (C=O) groups excluding carboxylic acids is 1. The summed E-state index contributed by atoms with van der Waals surface area (Å²) in [7, 11) is 3.09. The van der Waals surface area contributed by atoms with Crippen LogP contribution in [0.5, 0.6) is 5.75 Å². The lowest BCUT2D eigenvalue weighted by atomic mass is 10.2. The molecule has 1 amide bonds. The van der Waals surface area contributed by atoms with E-state index in [0.29, 0.717) is 12.3 Å². The van der Waals surface area contributed by atoms with Gasteiger partial charge in [-0.2, -0.15) is 0 Å². The fourth-order valence-corrected chi connectivity index (χ4v) is 2.11. The zero-order valence-electron chi connectivity index (χ0n) is 10.2. The van der Waals surface area contributed by atoms with Crippen molar-refractivity contribution < 1.29 is 19.0 Å². The monoisotopic (exact) mass is 315 g/mol. The molecule has 2 rings (SSSR count). The van der Waals surface area contributed by atoms with E-state index in [0.717, 1.165) is 10.2 Å². The van der Waals surface area contributed by atoms with Gasteiger partial charge in [0.1, 0.15) is 5.75 Å². The molecule has 98 valence electrons. The highest BCUT2D eigenvalue weighted by molar-refractivity contribution is 9.10. The number of amides is 1. The van der Waals surface area contributed by atoms with E-state index in [1.54, 1.807) is 19.1 Å². The quantitative estimate of drug-likeness (QED) is 0.795. The second-order valence-corrected chi connectivity index (χ2v) is 4.72. The number of benzene rings is 1. The average molecular weight is 316 g/mol. The van der Waals surface area contributed by atoms with Gasteiger partial charge in [0.15, 0.2) is 12.9 Å². The van der Waals surface area contributed by atoms with E-state index >= 15 is 0 Å². The molecule has 0 radical (unpaired) electrons. The van der Waals surface area contributed by atoms with Crippen LogP contribution in [0.15, 0.2) is 22.7 Å². The number of carbonyl (C=O) groups is 1. The van der Waals surface area contributed by atoms with Crippen molar-refractivity contribution in [2.75, 3.05) is 32.3 Å². The van der Waals surface area contributed by atoms with Crippen LogP contribution < -0.4 is 9.64 Å². The Morgan fingerprint density at radius 1 is 1.44 bits per heavy atom. The predicted molar refractivity (Wildman–Crippen MR) is 69.8 cm³/mol. The van der Waals surface area contributed by atoms with Crippen LogP contribution in [0.4, 0.5) is 5.69 Å². The second kappa shape index (κ2) is 5.69. The highest BCUT2D eigenvalue weighted by atomic mass is 79.9. The first kappa shape index (κ1) is 13.3. The number of hydrogen-bond acceptors (Lipinski definition) is 4. The maximum Gasteiger partial charge on any atom is 0.265 e. The van der Waals surface area contributed by atoms with E-state index in [9.17, 15) is 4.79 Å². The van der Waals surface area contributed by atoms with Gasteiger partial charge in [0.25, 0.3) is 5.91 Å². The van der Waals surface area contributed by atoms with Gasteiger partial charge in [-0.05, 0) is 18.2 Å². The molecule has 0 N–H and O–H groups in total. The van der Waals surface area contributed by atoms with Gasteiger partial charge in [-0.25, -0.2) is 0 Å². The molecule has 0 fully saturated rings.